The Balaban J connectivity index is 1.19. The molecule has 0 aliphatic carbocycles. The van der Waals surface area contributed by atoms with Gasteiger partial charge < -0.3 is 15.5 Å². The highest BCUT2D eigenvalue weighted by Gasteiger charge is 2.22. The smallest absolute Gasteiger partial charge is 0.319 e. The molecule has 1 aromatic heterocycles. The van der Waals surface area contributed by atoms with Crippen molar-refractivity contribution in [3.63, 3.8) is 0 Å². The summed E-state index contributed by atoms with van der Waals surface area (Å²) in [5.74, 6) is 1.86. The van der Waals surface area contributed by atoms with E-state index in [1.54, 1.807) is 0 Å². The molecule has 1 saturated heterocycles. The first-order valence-corrected chi connectivity index (χ1v) is 12.1. The molecule has 0 bridgehead atoms. The fourth-order valence-electron chi connectivity index (χ4n) is 3.92. The Morgan fingerprint density at radius 1 is 1.09 bits per heavy atom. The van der Waals surface area contributed by atoms with Gasteiger partial charge in [0.05, 0.1) is 0 Å². The molecule has 2 aromatic carbocycles. The van der Waals surface area contributed by atoms with Crippen LogP contribution in [0.1, 0.15) is 49.6 Å². The second-order valence-corrected chi connectivity index (χ2v) is 9.43. The molecule has 3 aromatic rings. The van der Waals surface area contributed by atoms with Gasteiger partial charge in [0.25, 0.3) is 0 Å². The zero-order valence-corrected chi connectivity index (χ0v) is 19.6. The van der Waals surface area contributed by atoms with Crippen LogP contribution in [0, 0.1) is 5.92 Å². The number of anilines is 2. The number of rotatable bonds is 7. The first-order chi connectivity index (χ1) is 15.6. The van der Waals surface area contributed by atoms with E-state index in [1.165, 1.54) is 22.7 Å². The second-order valence-electron chi connectivity index (χ2n) is 8.70. The van der Waals surface area contributed by atoms with Gasteiger partial charge in [-0.25, -0.2) is 9.78 Å². The third-order valence-corrected chi connectivity index (χ3v) is 6.75. The predicted molar refractivity (Wildman–Crippen MR) is 132 cm³/mol. The van der Waals surface area contributed by atoms with Crippen molar-refractivity contribution >= 4 is 28.4 Å². The Morgan fingerprint density at radius 3 is 2.50 bits per heavy atom. The van der Waals surface area contributed by atoms with E-state index in [-0.39, 0.29) is 6.03 Å². The minimum absolute atomic E-state index is 0.139. The van der Waals surface area contributed by atoms with Crippen LogP contribution in [-0.2, 0) is 6.42 Å². The van der Waals surface area contributed by atoms with Crippen LogP contribution in [0.2, 0.25) is 0 Å². The molecular formula is C25H31N5OS. The minimum Gasteiger partial charge on any atom is -0.347 e. The average Bonchev–Trinajstić information content (AvgIpc) is 3.27. The lowest BCUT2D eigenvalue weighted by molar-refractivity contribution is 0.248. The van der Waals surface area contributed by atoms with Gasteiger partial charge in [0, 0.05) is 43.3 Å². The van der Waals surface area contributed by atoms with Crippen LogP contribution in [0.25, 0.3) is 0 Å². The monoisotopic (exact) mass is 449 g/mol. The van der Waals surface area contributed by atoms with Crippen molar-refractivity contribution in [1.82, 2.24) is 14.7 Å². The molecule has 2 heterocycles. The van der Waals surface area contributed by atoms with E-state index in [1.807, 2.05) is 30.3 Å². The maximum Gasteiger partial charge on any atom is 0.319 e. The Hall–Kier alpha value is -2.93. The summed E-state index contributed by atoms with van der Waals surface area (Å²) in [4.78, 5) is 19.3. The summed E-state index contributed by atoms with van der Waals surface area (Å²) in [5, 5.41) is 6.96. The van der Waals surface area contributed by atoms with Gasteiger partial charge in [-0.05, 0) is 47.9 Å². The number of urea groups is 1. The van der Waals surface area contributed by atoms with Crippen molar-refractivity contribution in [2.75, 3.05) is 29.9 Å². The molecule has 0 saturated carbocycles. The molecule has 1 aliphatic heterocycles. The van der Waals surface area contributed by atoms with Gasteiger partial charge in [0.15, 0.2) is 0 Å². The molecule has 0 radical (unpaired) electrons. The summed E-state index contributed by atoms with van der Waals surface area (Å²) in [6.45, 7) is 6.92. The Morgan fingerprint density at radius 2 is 1.81 bits per heavy atom. The van der Waals surface area contributed by atoms with Crippen LogP contribution in [0.5, 0.6) is 0 Å². The maximum absolute atomic E-state index is 12.3. The van der Waals surface area contributed by atoms with Gasteiger partial charge in [-0.2, -0.15) is 4.37 Å². The molecule has 168 valence electrons. The summed E-state index contributed by atoms with van der Waals surface area (Å²) in [6.07, 6.45) is 2.85. The third-order valence-electron chi connectivity index (χ3n) is 5.93. The highest BCUT2D eigenvalue weighted by molar-refractivity contribution is 7.09. The standard InChI is InChI=1S/C25H31N5OS/c1-18(2)21-8-10-22(11-9-21)27-24(31)26-17-20-12-14-30(15-13-20)25-28-23(29-32-25)16-19-6-4-3-5-7-19/h3-11,18,20H,12-17H2,1-2H3,(H2,26,27,31). The molecule has 2 amide bonds. The molecule has 7 heteroatoms. The van der Waals surface area contributed by atoms with Gasteiger partial charge in [0.1, 0.15) is 5.82 Å². The van der Waals surface area contributed by atoms with E-state index in [0.717, 1.165) is 49.0 Å². The Bertz CT molecular complexity index is 995. The summed E-state index contributed by atoms with van der Waals surface area (Å²) >= 11 is 1.48. The largest absolute Gasteiger partial charge is 0.347 e. The molecule has 0 spiro atoms. The van der Waals surface area contributed by atoms with Gasteiger partial charge in [-0.3, -0.25) is 0 Å². The second kappa shape index (κ2) is 10.6. The van der Waals surface area contributed by atoms with Crippen molar-refractivity contribution in [2.24, 2.45) is 5.92 Å². The van der Waals surface area contributed by atoms with E-state index < -0.39 is 0 Å². The van der Waals surface area contributed by atoms with E-state index in [2.05, 4.69) is 58.0 Å². The molecule has 0 atom stereocenters. The van der Waals surface area contributed by atoms with Crippen molar-refractivity contribution in [3.05, 3.63) is 71.5 Å². The minimum atomic E-state index is -0.139. The molecule has 1 fully saturated rings. The van der Waals surface area contributed by atoms with Crippen LogP contribution in [-0.4, -0.2) is 35.0 Å². The zero-order chi connectivity index (χ0) is 22.3. The number of amides is 2. The molecule has 6 nitrogen and oxygen atoms in total. The van der Waals surface area contributed by atoms with Gasteiger partial charge >= 0.3 is 6.03 Å². The number of aromatic nitrogens is 2. The normalized spacial score (nSPS) is 14.5. The molecular weight excluding hydrogens is 418 g/mol. The topological polar surface area (TPSA) is 70.2 Å². The summed E-state index contributed by atoms with van der Waals surface area (Å²) in [7, 11) is 0. The number of hydrogen-bond donors (Lipinski definition) is 2. The molecule has 32 heavy (non-hydrogen) atoms. The lowest BCUT2D eigenvalue weighted by Gasteiger charge is -2.31. The first-order valence-electron chi connectivity index (χ1n) is 11.3. The van der Waals surface area contributed by atoms with Crippen LogP contribution < -0.4 is 15.5 Å². The average molecular weight is 450 g/mol. The maximum atomic E-state index is 12.3. The molecule has 0 unspecified atom stereocenters. The van der Waals surface area contributed by atoms with E-state index in [9.17, 15) is 4.79 Å². The number of nitrogens with one attached hydrogen (secondary N) is 2. The zero-order valence-electron chi connectivity index (χ0n) is 18.8. The lowest BCUT2D eigenvalue weighted by Crippen LogP contribution is -2.39. The van der Waals surface area contributed by atoms with E-state index in [4.69, 9.17) is 4.98 Å². The van der Waals surface area contributed by atoms with Crippen molar-refractivity contribution in [2.45, 2.75) is 39.0 Å². The predicted octanol–water partition coefficient (Wildman–Crippen LogP) is 5.29. The van der Waals surface area contributed by atoms with Crippen LogP contribution in [0.3, 0.4) is 0 Å². The number of benzene rings is 2. The van der Waals surface area contributed by atoms with E-state index >= 15 is 0 Å². The number of nitrogens with zero attached hydrogens (tertiary/aromatic N) is 3. The summed E-state index contributed by atoms with van der Waals surface area (Å²) in [5.41, 5.74) is 3.32. The fraction of sp³-hybridized carbons (Fsp3) is 0.400. The number of carbonyl (C=O) groups excluding carboxylic acids is 1. The SMILES string of the molecule is CC(C)c1ccc(NC(=O)NCC2CCN(c3nc(Cc4ccccc4)ns3)CC2)cc1. The van der Waals surface area contributed by atoms with Crippen LogP contribution in [0.4, 0.5) is 15.6 Å². The highest BCUT2D eigenvalue weighted by atomic mass is 32.1. The Labute approximate surface area is 194 Å². The Kier molecular flexibility index (Phi) is 7.37. The summed E-state index contributed by atoms with van der Waals surface area (Å²) in [6, 6.07) is 18.2. The van der Waals surface area contributed by atoms with Crippen molar-refractivity contribution < 1.29 is 4.79 Å². The number of hydrogen-bond acceptors (Lipinski definition) is 5. The van der Waals surface area contributed by atoms with Crippen LogP contribution >= 0.6 is 11.5 Å². The fourth-order valence-corrected chi connectivity index (χ4v) is 4.65. The first kappa shape index (κ1) is 22.3. The third kappa shape index (κ3) is 6.07. The summed E-state index contributed by atoms with van der Waals surface area (Å²) < 4.78 is 4.54. The molecule has 4 rings (SSSR count). The van der Waals surface area contributed by atoms with Crippen molar-refractivity contribution in [1.29, 1.82) is 0 Å². The lowest BCUT2D eigenvalue weighted by atomic mass is 9.97. The van der Waals surface area contributed by atoms with Crippen molar-refractivity contribution in [3.8, 4) is 0 Å². The number of carbonyl (C=O) groups is 1. The quantitative estimate of drug-likeness (QED) is 0.514. The van der Waals surface area contributed by atoms with Crippen LogP contribution in [0.15, 0.2) is 54.6 Å². The van der Waals surface area contributed by atoms with Gasteiger partial charge in [-0.15, -0.1) is 0 Å². The molecule has 1 aliphatic rings. The van der Waals surface area contributed by atoms with Gasteiger partial charge in [-0.1, -0.05) is 56.3 Å². The van der Waals surface area contributed by atoms with Gasteiger partial charge in [0.2, 0.25) is 5.13 Å². The number of piperidine rings is 1. The van der Waals surface area contributed by atoms with E-state index in [0.29, 0.717) is 18.4 Å². The highest BCUT2D eigenvalue weighted by Crippen LogP contribution is 2.25. The molecule has 2 N–H and O–H groups in total.